The van der Waals surface area contributed by atoms with Crippen LogP contribution in [0.3, 0.4) is 0 Å². The van der Waals surface area contributed by atoms with Gasteiger partial charge in [-0.3, -0.25) is 14.3 Å². The number of carbonyl (C=O) groups is 2. The average Bonchev–Trinajstić information content (AvgIpc) is 3.48. The standard InChI is InChI=1S/C22H34N4O3/c1-15(2)4-7-19(27)26-10-8-22(9-11-26)12-18-17(14-29-22)20(24-25(18)3)21(28)23-13-16-5-6-16/h15-16H,4-14H2,1-3H3,(H,23,28). The zero-order valence-electron chi connectivity index (χ0n) is 18.0. The maximum Gasteiger partial charge on any atom is 0.272 e. The van der Waals surface area contributed by atoms with Crippen LogP contribution in [0.15, 0.2) is 0 Å². The van der Waals surface area contributed by atoms with Gasteiger partial charge in [-0.1, -0.05) is 13.8 Å². The Bertz CT molecular complexity index is 773. The van der Waals surface area contributed by atoms with Crippen molar-refractivity contribution in [1.82, 2.24) is 20.0 Å². The van der Waals surface area contributed by atoms with Gasteiger partial charge in [-0.25, -0.2) is 0 Å². The zero-order valence-corrected chi connectivity index (χ0v) is 18.0. The van der Waals surface area contributed by atoms with Crippen LogP contribution in [0, 0.1) is 11.8 Å². The summed E-state index contributed by atoms with van der Waals surface area (Å²) in [7, 11) is 1.92. The number of amides is 2. The first-order valence-corrected chi connectivity index (χ1v) is 11.1. The Morgan fingerprint density at radius 3 is 2.66 bits per heavy atom. The van der Waals surface area contributed by atoms with E-state index in [-0.39, 0.29) is 17.4 Å². The van der Waals surface area contributed by atoms with Gasteiger partial charge < -0.3 is 15.0 Å². The van der Waals surface area contributed by atoms with Crippen molar-refractivity contribution in [3.63, 3.8) is 0 Å². The molecule has 1 aliphatic carbocycles. The lowest BCUT2D eigenvalue weighted by Gasteiger charge is -2.44. The number of aromatic nitrogens is 2. The van der Waals surface area contributed by atoms with E-state index < -0.39 is 0 Å². The van der Waals surface area contributed by atoms with Crippen molar-refractivity contribution in [2.24, 2.45) is 18.9 Å². The molecule has 0 atom stereocenters. The van der Waals surface area contributed by atoms with Crippen LogP contribution < -0.4 is 5.32 Å². The Morgan fingerprint density at radius 1 is 1.28 bits per heavy atom. The second kappa shape index (κ2) is 8.09. The number of rotatable bonds is 6. The molecule has 0 radical (unpaired) electrons. The number of ether oxygens (including phenoxy) is 1. The van der Waals surface area contributed by atoms with Crippen molar-refractivity contribution in [2.45, 2.75) is 71.0 Å². The highest BCUT2D eigenvalue weighted by atomic mass is 16.5. The van der Waals surface area contributed by atoms with Gasteiger partial charge in [0.15, 0.2) is 5.69 Å². The molecule has 2 aliphatic heterocycles. The number of carbonyl (C=O) groups excluding carboxylic acids is 2. The van der Waals surface area contributed by atoms with E-state index in [0.29, 0.717) is 30.6 Å². The van der Waals surface area contributed by atoms with Crippen LogP contribution in [0.4, 0.5) is 0 Å². The molecule has 2 amide bonds. The largest absolute Gasteiger partial charge is 0.370 e. The van der Waals surface area contributed by atoms with Crippen molar-refractivity contribution in [3.8, 4) is 0 Å². The summed E-state index contributed by atoms with van der Waals surface area (Å²) in [4.78, 5) is 27.0. The molecule has 0 aromatic carbocycles. The average molecular weight is 403 g/mol. The summed E-state index contributed by atoms with van der Waals surface area (Å²) in [5, 5.41) is 7.53. The second-order valence-electron chi connectivity index (χ2n) is 9.51. The highest BCUT2D eigenvalue weighted by Crippen LogP contribution is 2.37. The highest BCUT2D eigenvalue weighted by molar-refractivity contribution is 5.94. The molecule has 7 heteroatoms. The number of hydrogen-bond acceptors (Lipinski definition) is 4. The summed E-state index contributed by atoms with van der Waals surface area (Å²) in [5.41, 5.74) is 2.31. The number of piperidine rings is 1. The number of likely N-dealkylation sites (tertiary alicyclic amines) is 1. The molecule has 3 aliphatic rings. The lowest BCUT2D eigenvalue weighted by Crippen LogP contribution is -2.50. The van der Waals surface area contributed by atoms with Crippen molar-refractivity contribution >= 4 is 11.8 Å². The molecule has 1 spiro atoms. The van der Waals surface area contributed by atoms with Gasteiger partial charge in [0.25, 0.3) is 5.91 Å². The first kappa shape index (κ1) is 20.4. The number of aryl methyl sites for hydroxylation is 1. The Balaban J connectivity index is 1.38. The van der Waals surface area contributed by atoms with Crippen LogP contribution in [0.25, 0.3) is 0 Å². The van der Waals surface area contributed by atoms with Crippen LogP contribution in [0.5, 0.6) is 0 Å². The summed E-state index contributed by atoms with van der Waals surface area (Å²) in [6, 6.07) is 0. The molecule has 0 bridgehead atoms. The molecular formula is C22H34N4O3. The fourth-order valence-electron chi connectivity index (χ4n) is 4.44. The molecule has 2 fully saturated rings. The maximum atomic E-state index is 12.6. The zero-order chi connectivity index (χ0) is 20.6. The van der Waals surface area contributed by atoms with E-state index in [9.17, 15) is 9.59 Å². The summed E-state index contributed by atoms with van der Waals surface area (Å²) < 4.78 is 8.18. The van der Waals surface area contributed by atoms with Crippen LogP contribution in [-0.4, -0.2) is 51.7 Å². The van der Waals surface area contributed by atoms with E-state index in [0.717, 1.165) is 56.6 Å². The topological polar surface area (TPSA) is 76.5 Å². The van der Waals surface area contributed by atoms with Gasteiger partial charge in [-0.2, -0.15) is 5.10 Å². The number of nitrogens with one attached hydrogen (secondary N) is 1. The molecule has 1 aromatic heterocycles. The van der Waals surface area contributed by atoms with Crippen molar-refractivity contribution in [2.75, 3.05) is 19.6 Å². The summed E-state index contributed by atoms with van der Waals surface area (Å²) in [6.45, 7) is 6.98. The lowest BCUT2D eigenvalue weighted by molar-refractivity contribution is -0.141. The van der Waals surface area contributed by atoms with E-state index in [4.69, 9.17) is 4.74 Å². The first-order chi connectivity index (χ1) is 13.9. The Kier molecular flexibility index (Phi) is 5.69. The predicted molar refractivity (Wildman–Crippen MR) is 109 cm³/mol. The minimum atomic E-state index is -0.239. The highest BCUT2D eigenvalue weighted by Gasteiger charge is 2.42. The fraction of sp³-hybridized carbons (Fsp3) is 0.773. The SMILES string of the molecule is CC(C)CCC(=O)N1CCC2(CC1)Cc1c(c(C(=O)NCC3CC3)nn1C)CO2. The van der Waals surface area contributed by atoms with E-state index in [2.05, 4.69) is 24.3 Å². The van der Waals surface area contributed by atoms with Crippen LogP contribution in [0.1, 0.15) is 74.1 Å². The molecule has 1 saturated carbocycles. The van der Waals surface area contributed by atoms with Crippen LogP contribution >= 0.6 is 0 Å². The molecular weight excluding hydrogens is 368 g/mol. The van der Waals surface area contributed by atoms with Gasteiger partial charge in [0, 0.05) is 50.8 Å². The minimum absolute atomic E-state index is 0.0844. The number of hydrogen-bond donors (Lipinski definition) is 1. The maximum absolute atomic E-state index is 12.6. The molecule has 1 saturated heterocycles. The number of nitrogens with zero attached hydrogens (tertiary/aromatic N) is 3. The minimum Gasteiger partial charge on any atom is -0.370 e. The van der Waals surface area contributed by atoms with E-state index in [1.807, 2.05) is 16.6 Å². The summed E-state index contributed by atoms with van der Waals surface area (Å²) >= 11 is 0. The molecule has 1 aromatic rings. The molecule has 4 rings (SSSR count). The molecule has 0 unspecified atom stereocenters. The Morgan fingerprint density at radius 2 is 2.00 bits per heavy atom. The van der Waals surface area contributed by atoms with Gasteiger partial charge in [-0.15, -0.1) is 0 Å². The van der Waals surface area contributed by atoms with Crippen LogP contribution in [0.2, 0.25) is 0 Å². The summed E-state index contributed by atoms with van der Waals surface area (Å²) in [6.07, 6.45) is 6.45. The van der Waals surface area contributed by atoms with Gasteiger partial charge in [0.1, 0.15) is 0 Å². The number of fused-ring (bicyclic) bond motifs is 1. The monoisotopic (exact) mass is 402 g/mol. The summed E-state index contributed by atoms with van der Waals surface area (Å²) in [5.74, 6) is 1.38. The van der Waals surface area contributed by atoms with Gasteiger partial charge in [-0.05, 0) is 43.9 Å². The lowest BCUT2D eigenvalue weighted by atomic mass is 9.83. The van der Waals surface area contributed by atoms with Crippen molar-refractivity contribution < 1.29 is 14.3 Å². The van der Waals surface area contributed by atoms with Crippen molar-refractivity contribution in [3.05, 3.63) is 17.0 Å². The molecule has 1 N–H and O–H groups in total. The third-order valence-electron chi connectivity index (χ3n) is 6.71. The second-order valence-corrected chi connectivity index (χ2v) is 9.51. The predicted octanol–water partition coefficient (Wildman–Crippen LogP) is 2.43. The Labute approximate surface area is 173 Å². The fourth-order valence-corrected chi connectivity index (χ4v) is 4.44. The molecule has 29 heavy (non-hydrogen) atoms. The van der Waals surface area contributed by atoms with Crippen molar-refractivity contribution in [1.29, 1.82) is 0 Å². The normalized spacial score (nSPS) is 20.8. The van der Waals surface area contributed by atoms with E-state index in [1.54, 1.807) is 0 Å². The molecule has 160 valence electrons. The first-order valence-electron chi connectivity index (χ1n) is 11.1. The van der Waals surface area contributed by atoms with E-state index >= 15 is 0 Å². The molecule has 7 nitrogen and oxygen atoms in total. The third-order valence-corrected chi connectivity index (χ3v) is 6.71. The van der Waals surface area contributed by atoms with Gasteiger partial charge >= 0.3 is 0 Å². The Hall–Kier alpha value is -1.89. The third kappa shape index (κ3) is 4.49. The smallest absolute Gasteiger partial charge is 0.272 e. The molecule has 3 heterocycles. The van der Waals surface area contributed by atoms with E-state index in [1.165, 1.54) is 12.8 Å². The quantitative estimate of drug-likeness (QED) is 0.793. The van der Waals surface area contributed by atoms with Gasteiger partial charge in [0.05, 0.1) is 12.2 Å². The van der Waals surface area contributed by atoms with Gasteiger partial charge in [0.2, 0.25) is 5.91 Å². The van der Waals surface area contributed by atoms with Crippen LogP contribution in [-0.2, 0) is 29.6 Å².